The Labute approximate surface area is 104 Å². The first-order valence-electron chi connectivity index (χ1n) is 5.13. The number of rotatable bonds is 2. The lowest BCUT2D eigenvalue weighted by Crippen LogP contribution is -1.74. The maximum Gasteiger partial charge on any atom is 0.119 e. The average Bonchev–Trinajstić information content (AvgIpc) is 2.27. The van der Waals surface area contributed by atoms with Gasteiger partial charge in [0, 0.05) is 6.07 Å². The number of aromatic hydroxyl groups is 3. The molecule has 0 heterocycles. The van der Waals surface area contributed by atoms with Gasteiger partial charge in [-0.25, -0.2) is 0 Å². The van der Waals surface area contributed by atoms with Gasteiger partial charge in [-0.2, -0.15) is 0 Å². The highest BCUT2D eigenvalue weighted by Crippen LogP contribution is 2.22. The summed E-state index contributed by atoms with van der Waals surface area (Å²) in [5.41, 5.74) is 1.63. The molecule has 0 aliphatic rings. The number of benzene rings is 2. The minimum atomic E-state index is 0. The van der Waals surface area contributed by atoms with Crippen molar-refractivity contribution in [2.75, 3.05) is 0 Å². The molecule has 0 saturated carbocycles. The van der Waals surface area contributed by atoms with Gasteiger partial charge in [0.05, 0.1) is 0 Å². The van der Waals surface area contributed by atoms with Crippen molar-refractivity contribution in [2.45, 2.75) is 0 Å². The summed E-state index contributed by atoms with van der Waals surface area (Å²) in [6, 6.07) is 11.1. The van der Waals surface area contributed by atoms with Crippen LogP contribution in [0.15, 0.2) is 42.5 Å². The molecule has 0 atom stereocenters. The van der Waals surface area contributed by atoms with E-state index < -0.39 is 0 Å². The Morgan fingerprint density at radius 1 is 0.611 bits per heavy atom. The van der Waals surface area contributed by atoms with Crippen molar-refractivity contribution >= 4 is 12.2 Å². The van der Waals surface area contributed by atoms with E-state index >= 15 is 0 Å². The fraction of sp³-hybridized carbons (Fsp3) is 0. The number of phenolic OH excluding ortho intramolecular Hbond substituents is 3. The van der Waals surface area contributed by atoms with Crippen LogP contribution in [0.1, 0.15) is 11.1 Å². The van der Waals surface area contributed by atoms with Crippen molar-refractivity contribution in [1.82, 2.24) is 0 Å². The predicted octanol–water partition coefficient (Wildman–Crippen LogP) is 2.15. The van der Waals surface area contributed by atoms with E-state index in [0.717, 1.165) is 5.56 Å². The molecule has 2 rings (SSSR count). The normalized spacial score (nSPS) is 10.2. The van der Waals surface area contributed by atoms with Gasteiger partial charge in [-0.05, 0) is 35.4 Å². The third-order valence-corrected chi connectivity index (χ3v) is 2.29. The van der Waals surface area contributed by atoms with Crippen LogP contribution in [0, 0.1) is 0 Å². The first kappa shape index (κ1) is 13.6. The van der Waals surface area contributed by atoms with Crippen molar-refractivity contribution in [3.05, 3.63) is 53.6 Å². The van der Waals surface area contributed by atoms with E-state index in [2.05, 4.69) is 0 Å². The number of hydrogen-bond acceptors (Lipinski definition) is 3. The van der Waals surface area contributed by atoms with E-state index in [-0.39, 0.29) is 22.7 Å². The Bertz CT molecular complexity index is 524. The standard InChI is InChI=1S/C14H12O3.H2O/c15-12-5-3-10(4-6-12)1-2-11-7-13(16)9-14(17)8-11;/h1-9,15-17H;1H2/b2-1+;. The molecule has 18 heavy (non-hydrogen) atoms. The minimum Gasteiger partial charge on any atom is -0.508 e. The summed E-state index contributed by atoms with van der Waals surface area (Å²) < 4.78 is 0. The molecule has 2 aromatic rings. The Morgan fingerprint density at radius 2 is 1.11 bits per heavy atom. The molecule has 2 aromatic carbocycles. The predicted molar refractivity (Wildman–Crippen MR) is 70.4 cm³/mol. The largest absolute Gasteiger partial charge is 0.508 e. The molecule has 5 N–H and O–H groups in total. The average molecular weight is 246 g/mol. The quantitative estimate of drug-likeness (QED) is 0.709. The monoisotopic (exact) mass is 246 g/mol. The molecule has 4 nitrogen and oxygen atoms in total. The molecule has 0 aromatic heterocycles. The Kier molecular flexibility index (Phi) is 4.34. The number of phenols is 3. The third kappa shape index (κ3) is 3.54. The van der Waals surface area contributed by atoms with E-state index in [1.165, 1.54) is 6.07 Å². The lowest BCUT2D eigenvalue weighted by Gasteiger charge is -1.98. The van der Waals surface area contributed by atoms with Gasteiger partial charge in [0.25, 0.3) is 0 Å². The molecule has 0 aliphatic carbocycles. The zero-order valence-corrected chi connectivity index (χ0v) is 9.54. The minimum absolute atomic E-state index is 0. The molecule has 4 heteroatoms. The SMILES string of the molecule is O.Oc1ccc(/C=C/c2cc(O)cc(O)c2)cc1. The number of hydrogen-bond donors (Lipinski definition) is 3. The Morgan fingerprint density at radius 3 is 1.67 bits per heavy atom. The molecule has 0 unspecified atom stereocenters. The highest BCUT2D eigenvalue weighted by molar-refractivity contribution is 5.71. The van der Waals surface area contributed by atoms with Crippen LogP contribution in [-0.2, 0) is 0 Å². The molecule has 0 bridgehead atoms. The molecule has 0 aliphatic heterocycles. The van der Waals surface area contributed by atoms with Crippen molar-refractivity contribution in [3.8, 4) is 17.2 Å². The van der Waals surface area contributed by atoms with Crippen LogP contribution in [0.25, 0.3) is 12.2 Å². The summed E-state index contributed by atoms with van der Waals surface area (Å²) in [5, 5.41) is 27.7. The van der Waals surface area contributed by atoms with E-state index in [0.29, 0.717) is 5.56 Å². The zero-order chi connectivity index (χ0) is 12.3. The van der Waals surface area contributed by atoms with E-state index in [9.17, 15) is 10.2 Å². The van der Waals surface area contributed by atoms with Gasteiger partial charge in [-0.15, -0.1) is 0 Å². The molecule has 0 spiro atoms. The van der Waals surface area contributed by atoms with E-state index in [1.54, 1.807) is 42.5 Å². The first-order valence-corrected chi connectivity index (χ1v) is 5.13. The maximum atomic E-state index is 9.30. The van der Waals surface area contributed by atoms with Crippen LogP contribution in [0.4, 0.5) is 0 Å². The Balaban J connectivity index is 0.00000162. The zero-order valence-electron chi connectivity index (χ0n) is 9.54. The molecular formula is C14H14O4. The van der Waals surface area contributed by atoms with Gasteiger partial charge in [0.15, 0.2) is 0 Å². The summed E-state index contributed by atoms with van der Waals surface area (Å²) in [7, 11) is 0. The van der Waals surface area contributed by atoms with Crippen LogP contribution < -0.4 is 0 Å². The van der Waals surface area contributed by atoms with Gasteiger partial charge < -0.3 is 20.8 Å². The van der Waals surface area contributed by atoms with E-state index in [1.807, 2.05) is 6.08 Å². The lowest BCUT2D eigenvalue weighted by atomic mass is 10.1. The third-order valence-electron chi connectivity index (χ3n) is 2.29. The second-order valence-electron chi connectivity index (χ2n) is 3.71. The van der Waals surface area contributed by atoms with Crippen molar-refractivity contribution < 1.29 is 20.8 Å². The Hall–Kier alpha value is -2.46. The van der Waals surface area contributed by atoms with Gasteiger partial charge in [-0.1, -0.05) is 24.3 Å². The molecule has 0 fully saturated rings. The van der Waals surface area contributed by atoms with Crippen LogP contribution in [0.2, 0.25) is 0 Å². The summed E-state index contributed by atoms with van der Waals surface area (Å²) in [6.45, 7) is 0. The lowest BCUT2D eigenvalue weighted by molar-refractivity contribution is 0.450. The van der Waals surface area contributed by atoms with Gasteiger partial charge in [0.1, 0.15) is 17.2 Å². The summed E-state index contributed by atoms with van der Waals surface area (Å²) in [6.07, 6.45) is 3.60. The van der Waals surface area contributed by atoms with Crippen LogP contribution in [-0.4, -0.2) is 20.8 Å². The summed E-state index contributed by atoms with van der Waals surface area (Å²) >= 11 is 0. The second-order valence-corrected chi connectivity index (χ2v) is 3.71. The molecule has 0 radical (unpaired) electrons. The fourth-order valence-corrected chi connectivity index (χ4v) is 1.49. The summed E-state index contributed by atoms with van der Waals surface area (Å²) in [4.78, 5) is 0. The van der Waals surface area contributed by atoms with E-state index in [4.69, 9.17) is 5.11 Å². The maximum absolute atomic E-state index is 9.30. The van der Waals surface area contributed by atoms with Gasteiger partial charge in [-0.3, -0.25) is 0 Å². The highest BCUT2D eigenvalue weighted by Gasteiger charge is 1.95. The molecule has 94 valence electrons. The van der Waals surface area contributed by atoms with Crippen LogP contribution >= 0.6 is 0 Å². The van der Waals surface area contributed by atoms with Crippen molar-refractivity contribution in [2.24, 2.45) is 0 Å². The smallest absolute Gasteiger partial charge is 0.119 e. The molecule has 0 amide bonds. The van der Waals surface area contributed by atoms with Gasteiger partial charge in [0.2, 0.25) is 0 Å². The topological polar surface area (TPSA) is 92.2 Å². The molecular weight excluding hydrogens is 232 g/mol. The first-order chi connectivity index (χ1) is 8.13. The summed E-state index contributed by atoms with van der Waals surface area (Å²) in [5.74, 6) is 0.267. The highest BCUT2D eigenvalue weighted by atomic mass is 16.3. The van der Waals surface area contributed by atoms with Crippen molar-refractivity contribution in [1.29, 1.82) is 0 Å². The van der Waals surface area contributed by atoms with Gasteiger partial charge >= 0.3 is 0 Å². The second kappa shape index (κ2) is 5.75. The molecule has 0 saturated heterocycles. The van der Waals surface area contributed by atoms with Crippen molar-refractivity contribution in [3.63, 3.8) is 0 Å². The fourth-order valence-electron chi connectivity index (χ4n) is 1.49. The van der Waals surface area contributed by atoms with Crippen LogP contribution in [0.5, 0.6) is 17.2 Å². The van der Waals surface area contributed by atoms with Crippen LogP contribution in [0.3, 0.4) is 0 Å².